The van der Waals surface area contributed by atoms with E-state index in [2.05, 4.69) is 14.9 Å². The molecule has 0 aliphatic carbocycles. The zero-order chi connectivity index (χ0) is 35.9. The summed E-state index contributed by atoms with van der Waals surface area (Å²) in [6.45, 7) is 3.13. The highest BCUT2D eigenvalue weighted by molar-refractivity contribution is 7.23. The maximum atomic E-state index is 16.4. The highest BCUT2D eigenvalue weighted by atomic mass is 32.1. The van der Waals surface area contributed by atoms with Crippen molar-refractivity contribution in [3.8, 4) is 23.2 Å². The molecule has 2 N–H and O–H groups in total. The second-order valence-electron chi connectivity index (χ2n) is 12.4. The summed E-state index contributed by atoms with van der Waals surface area (Å²) in [6, 6.07) is 4.42. The number of hydrogen-bond acceptors (Lipinski definition) is 11. The van der Waals surface area contributed by atoms with E-state index in [1.54, 1.807) is 18.0 Å². The number of hydrogen-bond donors (Lipinski definition) is 1. The second kappa shape index (κ2) is 14.1. The van der Waals surface area contributed by atoms with Gasteiger partial charge in [-0.2, -0.15) is 28.4 Å². The van der Waals surface area contributed by atoms with Crippen molar-refractivity contribution in [3.63, 3.8) is 0 Å². The summed E-state index contributed by atoms with van der Waals surface area (Å²) in [4.78, 5) is 24.9. The molecule has 0 radical (unpaired) electrons. The Morgan fingerprint density at radius 1 is 1.18 bits per heavy atom. The summed E-state index contributed by atoms with van der Waals surface area (Å²) < 4.78 is 97.4. The average molecular weight is 722 g/mol. The van der Waals surface area contributed by atoms with E-state index in [0.717, 1.165) is 31.2 Å². The van der Waals surface area contributed by atoms with Crippen molar-refractivity contribution < 1.29 is 40.6 Å². The number of aromatic nitrogens is 2. The largest absolute Gasteiger partial charge is 0.467 e. The number of nitrogens with zero attached hydrogens (tertiary/aromatic N) is 6. The predicted octanol–water partition coefficient (Wildman–Crippen LogP) is 5.76. The molecule has 3 unspecified atom stereocenters. The fourth-order valence-electron chi connectivity index (χ4n) is 7.01. The van der Waals surface area contributed by atoms with E-state index in [-0.39, 0.29) is 62.6 Å². The summed E-state index contributed by atoms with van der Waals surface area (Å²) in [5, 5.41) is 9.07. The minimum absolute atomic E-state index is 0.00579. The molecule has 4 aromatic rings. The lowest BCUT2D eigenvalue weighted by Crippen LogP contribution is -2.53. The van der Waals surface area contributed by atoms with Crippen LogP contribution in [-0.4, -0.2) is 98.0 Å². The SMILES string of the molecule is COc1nc(N2CCN(C)C(COC=O)C2)c2cc(C(F)(F)F)c(-c3ccc(F)c4sc(N)c(C#N)c34)c(F)c2n1.FC1CC2CCCN2C1. The van der Waals surface area contributed by atoms with Crippen LogP contribution < -0.4 is 15.4 Å². The van der Waals surface area contributed by atoms with Crippen LogP contribution >= 0.6 is 11.3 Å². The molecular weight excluding hydrogens is 688 g/mol. The number of nitrogen functional groups attached to an aromatic ring is 1. The number of thiophene rings is 1. The lowest BCUT2D eigenvalue weighted by molar-refractivity contribution is -0.137. The number of piperazine rings is 1. The van der Waals surface area contributed by atoms with Crippen LogP contribution in [0.15, 0.2) is 18.2 Å². The summed E-state index contributed by atoms with van der Waals surface area (Å²) in [5.41, 5.74) is 2.51. The van der Waals surface area contributed by atoms with Gasteiger partial charge in [0.2, 0.25) is 0 Å². The molecule has 7 rings (SSSR count). The number of alkyl halides is 4. The fraction of sp³-hybridized carbons (Fsp3) is 0.455. The number of carbonyl (C=O) groups is 1. The number of halogens is 6. The first-order chi connectivity index (χ1) is 23.9. The molecule has 17 heteroatoms. The smallest absolute Gasteiger partial charge is 0.417 e. The fourth-order valence-corrected chi connectivity index (χ4v) is 7.96. The van der Waals surface area contributed by atoms with Gasteiger partial charge < -0.3 is 20.1 Å². The molecule has 3 atom stereocenters. The molecule has 10 nitrogen and oxygen atoms in total. The molecule has 5 heterocycles. The van der Waals surface area contributed by atoms with Crippen molar-refractivity contribution in [1.29, 1.82) is 5.26 Å². The van der Waals surface area contributed by atoms with Gasteiger partial charge in [0.25, 0.3) is 6.47 Å². The third kappa shape index (κ3) is 6.59. The first-order valence-electron chi connectivity index (χ1n) is 15.8. The summed E-state index contributed by atoms with van der Waals surface area (Å²) in [6.07, 6.45) is -2.26. The summed E-state index contributed by atoms with van der Waals surface area (Å²) in [5.74, 6) is -2.17. The van der Waals surface area contributed by atoms with Crippen LogP contribution in [0.1, 0.15) is 30.4 Å². The molecule has 3 aliphatic rings. The van der Waals surface area contributed by atoms with Crippen LogP contribution in [0.5, 0.6) is 6.01 Å². The number of likely N-dealkylation sites (N-methyl/N-ethyl adjacent to an activating group) is 1. The molecule has 0 saturated carbocycles. The Balaban J connectivity index is 0.000000412. The highest BCUT2D eigenvalue weighted by Crippen LogP contribution is 2.48. The van der Waals surface area contributed by atoms with Crippen molar-refractivity contribution in [1.82, 2.24) is 19.8 Å². The first kappa shape index (κ1) is 35.4. The van der Waals surface area contributed by atoms with E-state index in [4.69, 9.17) is 15.2 Å². The van der Waals surface area contributed by atoms with E-state index < -0.39 is 40.6 Å². The monoisotopic (exact) mass is 721 g/mol. The molecule has 2 aromatic carbocycles. The minimum atomic E-state index is -5.07. The van der Waals surface area contributed by atoms with Crippen molar-refractivity contribution in [2.75, 3.05) is 64.1 Å². The number of methoxy groups -OCH3 is 1. The van der Waals surface area contributed by atoms with Crippen molar-refractivity contribution in [3.05, 3.63) is 41.0 Å². The number of rotatable bonds is 6. The van der Waals surface area contributed by atoms with Gasteiger partial charge in [0.05, 0.1) is 29.0 Å². The van der Waals surface area contributed by atoms with Crippen molar-refractivity contribution >= 4 is 49.6 Å². The van der Waals surface area contributed by atoms with Gasteiger partial charge >= 0.3 is 12.2 Å². The normalized spacial score (nSPS) is 21.2. The molecule has 2 aromatic heterocycles. The summed E-state index contributed by atoms with van der Waals surface area (Å²) >= 11 is 0.683. The van der Waals surface area contributed by atoms with Crippen LogP contribution in [0, 0.1) is 23.0 Å². The van der Waals surface area contributed by atoms with Crippen molar-refractivity contribution in [2.45, 2.75) is 43.7 Å². The number of benzene rings is 2. The van der Waals surface area contributed by atoms with Gasteiger partial charge in [-0.15, -0.1) is 11.3 Å². The van der Waals surface area contributed by atoms with Crippen molar-refractivity contribution in [2.24, 2.45) is 0 Å². The van der Waals surface area contributed by atoms with Crippen LogP contribution in [0.25, 0.3) is 32.1 Å². The molecule has 0 amide bonds. The Morgan fingerprint density at radius 3 is 2.64 bits per heavy atom. The average Bonchev–Trinajstić information content (AvgIpc) is 3.77. The first-order valence-corrected chi connectivity index (χ1v) is 16.6. The lowest BCUT2D eigenvalue weighted by Gasteiger charge is -2.39. The third-order valence-electron chi connectivity index (χ3n) is 9.47. The molecule has 0 spiro atoms. The van der Waals surface area contributed by atoms with E-state index in [1.165, 1.54) is 20.0 Å². The van der Waals surface area contributed by atoms with Gasteiger partial charge in [-0.3, -0.25) is 14.6 Å². The van der Waals surface area contributed by atoms with Gasteiger partial charge in [0, 0.05) is 48.6 Å². The van der Waals surface area contributed by atoms with Crippen LogP contribution in [0.3, 0.4) is 0 Å². The third-order valence-corrected chi connectivity index (χ3v) is 10.5. The molecule has 3 saturated heterocycles. The molecule has 50 heavy (non-hydrogen) atoms. The van der Waals surface area contributed by atoms with Gasteiger partial charge in [0.15, 0.2) is 5.82 Å². The number of fused-ring (bicyclic) bond motifs is 3. The zero-order valence-corrected chi connectivity index (χ0v) is 27.9. The molecular formula is C33H33F6N7O3S. The predicted molar refractivity (Wildman–Crippen MR) is 176 cm³/mol. The van der Waals surface area contributed by atoms with Gasteiger partial charge in [0.1, 0.15) is 41.0 Å². The molecule has 3 aliphatic heterocycles. The Bertz CT molecular complexity index is 1960. The second-order valence-corrected chi connectivity index (χ2v) is 13.5. The Kier molecular flexibility index (Phi) is 9.98. The highest BCUT2D eigenvalue weighted by Gasteiger charge is 2.39. The molecule has 266 valence electrons. The number of nitriles is 1. The quantitative estimate of drug-likeness (QED) is 0.195. The van der Waals surface area contributed by atoms with Gasteiger partial charge in [-0.25, -0.2) is 13.2 Å². The maximum Gasteiger partial charge on any atom is 0.417 e. The van der Waals surface area contributed by atoms with E-state index in [9.17, 15) is 32.0 Å². The topological polar surface area (TPSA) is 121 Å². The van der Waals surface area contributed by atoms with E-state index in [1.807, 2.05) is 4.90 Å². The maximum absolute atomic E-state index is 16.4. The summed E-state index contributed by atoms with van der Waals surface area (Å²) in [7, 11) is 3.04. The van der Waals surface area contributed by atoms with E-state index in [0.29, 0.717) is 43.5 Å². The van der Waals surface area contributed by atoms with Crippen LogP contribution in [-0.2, 0) is 15.7 Å². The number of nitrogens with two attached hydrogens (primary N) is 1. The molecule has 3 fully saturated rings. The van der Waals surface area contributed by atoms with Gasteiger partial charge in [-0.05, 0) is 50.6 Å². The van der Waals surface area contributed by atoms with Crippen LogP contribution in [0.2, 0.25) is 0 Å². The Morgan fingerprint density at radius 2 is 1.96 bits per heavy atom. The lowest BCUT2D eigenvalue weighted by atomic mass is 9.92. The van der Waals surface area contributed by atoms with E-state index >= 15 is 4.39 Å². The zero-order valence-electron chi connectivity index (χ0n) is 27.1. The number of carbonyl (C=O) groups excluding carboxylic acids is 1. The minimum Gasteiger partial charge on any atom is -0.467 e. The Labute approximate surface area is 287 Å². The van der Waals surface area contributed by atoms with Gasteiger partial charge in [-0.1, -0.05) is 6.07 Å². The number of ether oxygens (including phenoxy) is 2. The standard InChI is InChI=1S/C26H21F5N6O3S.C7H12FN/c1-36-5-6-37(9-12(36)10-40-11-38)24-14-7-16(26(29,30)31)19(20(28)21(14)34-25(35-24)39-2)13-3-4-17(27)22-18(13)15(8-32)23(33)41-22;8-6-4-7-2-1-3-9(7)5-6/h3-4,7,11-12H,5-6,9-10,33H2,1-2H3;6-7H,1-5H2. The molecule has 0 bridgehead atoms. The van der Waals surface area contributed by atoms with Crippen LogP contribution in [0.4, 0.5) is 37.2 Å². The number of anilines is 2. The Hall–Kier alpha value is -4.40.